The number of rotatable bonds is 1. The van der Waals surface area contributed by atoms with Gasteiger partial charge in [-0.1, -0.05) is 0 Å². The lowest BCUT2D eigenvalue weighted by molar-refractivity contribution is 0.863. The normalized spacial score (nSPS) is 16.4. The van der Waals surface area contributed by atoms with E-state index in [0.717, 1.165) is 16.1 Å². The topological polar surface area (TPSA) is 30.2 Å². The molecule has 0 N–H and O–H groups in total. The molecule has 0 bridgehead atoms. The number of fused-ring (bicyclic) bond motifs is 1. The van der Waals surface area contributed by atoms with E-state index in [1.807, 2.05) is 4.52 Å². The maximum absolute atomic E-state index is 4.52. The number of nitrogens with zero attached hydrogens (tertiary/aromatic N) is 3. The van der Waals surface area contributed by atoms with Crippen molar-refractivity contribution in [3.05, 3.63) is 28.1 Å². The van der Waals surface area contributed by atoms with E-state index in [4.69, 9.17) is 0 Å². The Morgan fingerprint density at radius 3 is 2.93 bits per heavy atom. The molecule has 0 aliphatic heterocycles. The van der Waals surface area contributed by atoms with Crippen LogP contribution in [0.25, 0.3) is 5.65 Å². The van der Waals surface area contributed by atoms with Gasteiger partial charge in [0.25, 0.3) is 0 Å². The van der Waals surface area contributed by atoms with E-state index in [2.05, 4.69) is 45.1 Å². The van der Waals surface area contributed by atoms with Gasteiger partial charge in [0.15, 0.2) is 11.5 Å². The molecule has 3 nitrogen and oxygen atoms in total. The Kier molecular flexibility index (Phi) is 1.68. The molecule has 0 radical (unpaired) electrons. The van der Waals surface area contributed by atoms with Gasteiger partial charge in [0.2, 0.25) is 0 Å². The average Bonchev–Trinajstić information content (AvgIpc) is 2.87. The third-order valence-corrected chi connectivity index (χ3v) is 3.06. The fraction of sp³-hybridized carbons (Fsp3) is 0.400. The predicted octanol–water partition coefficient (Wildman–Crippen LogP) is 2.68. The number of pyridine rings is 1. The molecule has 1 fully saturated rings. The van der Waals surface area contributed by atoms with Gasteiger partial charge in [0, 0.05) is 5.92 Å². The Balaban J connectivity index is 2.26. The summed E-state index contributed by atoms with van der Waals surface area (Å²) in [7, 11) is 0. The molecular weight excluding hydrogens is 242 g/mol. The van der Waals surface area contributed by atoms with Crippen LogP contribution in [0.1, 0.15) is 30.1 Å². The Morgan fingerprint density at radius 1 is 1.43 bits per heavy atom. The molecule has 3 rings (SSSR count). The first-order valence-corrected chi connectivity index (χ1v) is 5.56. The van der Waals surface area contributed by atoms with Gasteiger partial charge in [-0.3, -0.25) is 0 Å². The lowest BCUT2D eigenvalue weighted by Crippen LogP contribution is -1.91. The van der Waals surface area contributed by atoms with Gasteiger partial charge in [0.1, 0.15) is 4.60 Å². The van der Waals surface area contributed by atoms with Gasteiger partial charge >= 0.3 is 0 Å². The van der Waals surface area contributed by atoms with Crippen LogP contribution in [0, 0.1) is 6.92 Å². The van der Waals surface area contributed by atoms with E-state index >= 15 is 0 Å². The predicted molar refractivity (Wildman–Crippen MR) is 57.4 cm³/mol. The van der Waals surface area contributed by atoms with Crippen molar-refractivity contribution in [1.82, 2.24) is 14.6 Å². The zero-order chi connectivity index (χ0) is 9.71. The minimum absolute atomic E-state index is 0.613. The average molecular weight is 252 g/mol. The second-order valence-corrected chi connectivity index (χ2v) is 4.68. The minimum atomic E-state index is 0.613. The quantitative estimate of drug-likeness (QED) is 0.730. The van der Waals surface area contributed by atoms with Crippen LogP contribution in [0.5, 0.6) is 0 Å². The molecule has 4 heteroatoms. The first-order chi connectivity index (χ1) is 6.74. The van der Waals surface area contributed by atoms with Gasteiger partial charge < -0.3 is 0 Å². The van der Waals surface area contributed by atoms with E-state index in [0.29, 0.717) is 5.92 Å². The smallest absolute Gasteiger partial charge is 0.157 e. The van der Waals surface area contributed by atoms with E-state index in [1.54, 1.807) is 0 Å². The maximum atomic E-state index is 4.52. The molecule has 0 unspecified atom stereocenters. The first-order valence-electron chi connectivity index (χ1n) is 4.77. The largest absolute Gasteiger partial charge is 0.212 e. The number of hydrogen-bond donors (Lipinski definition) is 0. The molecule has 0 aromatic carbocycles. The molecule has 72 valence electrons. The molecule has 1 aliphatic carbocycles. The van der Waals surface area contributed by atoms with Crippen LogP contribution < -0.4 is 0 Å². The molecule has 0 amide bonds. The second kappa shape index (κ2) is 2.79. The van der Waals surface area contributed by atoms with Gasteiger partial charge in [-0.25, -0.2) is 9.50 Å². The second-order valence-electron chi connectivity index (χ2n) is 3.87. The van der Waals surface area contributed by atoms with E-state index in [9.17, 15) is 0 Å². The SMILES string of the molecule is Cc1cc(Br)n2nc(C3CC3)nc2c1. The summed E-state index contributed by atoms with van der Waals surface area (Å²) in [5, 5.41) is 4.47. The highest BCUT2D eigenvalue weighted by molar-refractivity contribution is 9.10. The highest BCUT2D eigenvalue weighted by Gasteiger charge is 2.28. The summed E-state index contributed by atoms with van der Waals surface area (Å²) in [5.41, 5.74) is 2.15. The molecule has 0 atom stereocenters. The molecular formula is C10H10BrN3. The van der Waals surface area contributed by atoms with Crippen molar-refractivity contribution in [3.63, 3.8) is 0 Å². The maximum Gasteiger partial charge on any atom is 0.157 e. The number of halogens is 1. The van der Waals surface area contributed by atoms with Crippen molar-refractivity contribution in [1.29, 1.82) is 0 Å². The summed E-state index contributed by atoms with van der Waals surface area (Å²) in [4.78, 5) is 4.52. The Morgan fingerprint density at radius 2 is 2.21 bits per heavy atom. The number of hydrogen-bond acceptors (Lipinski definition) is 2. The van der Waals surface area contributed by atoms with Crippen LogP contribution in [0.4, 0.5) is 0 Å². The van der Waals surface area contributed by atoms with Crippen molar-refractivity contribution >= 4 is 21.6 Å². The Hall–Kier alpha value is -0.900. The standard InChI is InChI=1S/C10H10BrN3/c1-6-4-8(11)14-9(5-6)12-10(13-14)7-2-3-7/h4-5,7H,2-3H2,1H3. The molecule has 0 saturated heterocycles. The summed E-state index contributed by atoms with van der Waals surface area (Å²) >= 11 is 3.49. The summed E-state index contributed by atoms with van der Waals surface area (Å²) < 4.78 is 2.84. The third kappa shape index (κ3) is 1.25. The zero-order valence-electron chi connectivity index (χ0n) is 7.87. The molecule has 2 heterocycles. The molecule has 14 heavy (non-hydrogen) atoms. The van der Waals surface area contributed by atoms with Gasteiger partial charge in [-0.05, 0) is 53.4 Å². The lowest BCUT2D eigenvalue weighted by atomic mass is 10.3. The van der Waals surface area contributed by atoms with Crippen LogP contribution in [0.3, 0.4) is 0 Å². The van der Waals surface area contributed by atoms with Gasteiger partial charge in [-0.2, -0.15) is 0 Å². The van der Waals surface area contributed by atoms with E-state index in [-0.39, 0.29) is 0 Å². The van der Waals surface area contributed by atoms with Crippen molar-refractivity contribution in [2.45, 2.75) is 25.7 Å². The molecule has 0 spiro atoms. The number of aryl methyl sites for hydroxylation is 1. The zero-order valence-corrected chi connectivity index (χ0v) is 9.45. The Labute approximate surface area is 90.3 Å². The van der Waals surface area contributed by atoms with Crippen molar-refractivity contribution in [2.75, 3.05) is 0 Å². The summed E-state index contributed by atoms with van der Waals surface area (Å²) in [6, 6.07) is 4.11. The molecule has 2 aromatic rings. The lowest BCUT2D eigenvalue weighted by Gasteiger charge is -1.96. The van der Waals surface area contributed by atoms with Gasteiger partial charge in [0.05, 0.1) is 0 Å². The third-order valence-electron chi connectivity index (χ3n) is 2.50. The van der Waals surface area contributed by atoms with Crippen molar-refractivity contribution in [2.24, 2.45) is 0 Å². The fourth-order valence-electron chi connectivity index (χ4n) is 1.60. The summed E-state index contributed by atoms with van der Waals surface area (Å²) in [6.45, 7) is 2.07. The highest BCUT2D eigenvalue weighted by atomic mass is 79.9. The van der Waals surface area contributed by atoms with Crippen LogP contribution >= 0.6 is 15.9 Å². The van der Waals surface area contributed by atoms with Crippen LogP contribution in [-0.4, -0.2) is 14.6 Å². The highest BCUT2D eigenvalue weighted by Crippen LogP contribution is 2.38. The van der Waals surface area contributed by atoms with Crippen LogP contribution in [-0.2, 0) is 0 Å². The minimum Gasteiger partial charge on any atom is -0.212 e. The molecule has 2 aromatic heterocycles. The van der Waals surface area contributed by atoms with Crippen molar-refractivity contribution in [3.8, 4) is 0 Å². The summed E-state index contributed by atoms with van der Waals surface area (Å²) in [5.74, 6) is 1.61. The monoisotopic (exact) mass is 251 g/mol. The van der Waals surface area contributed by atoms with Crippen LogP contribution in [0.15, 0.2) is 16.7 Å². The van der Waals surface area contributed by atoms with Crippen molar-refractivity contribution < 1.29 is 0 Å². The first kappa shape index (κ1) is 8.41. The van der Waals surface area contributed by atoms with E-state index < -0.39 is 0 Å². The Bertz CT molecular complexity index is 499. The summed E-state index contributed by atoms with van der Waals surface area (Å²) in [6.07, 6.45) is 2.49. The van der Waals surface area contributed by atoms with E-state index in [1.165, 1.54) is 18.4 Å². The molecule has 1 saturated carbocycles. The fourth-order valence-corrected chi connectivity index (χ4v) is 2.22. The molecule has 1 aliphatic rings. The van der Waals surface area contributed by atoms with Crippen LogP contribution in [0.2, 0.25) is 0 Å². The van der Waals surface area contributed by atoms with Gasteiger partial charge in [-0.15, -0.1) is 5.10 Å². The number of aromatic nitrogens is 3.